The molecule has 0 N–H and O–H groups in total. The molecule has 166 valence electrons. The predicted octanol–water partition coefficient (Wildman–Crippen LogP) is 6.73. The molecule has 0 amide bonds. The summed E-state index contributed by atoms with van der Waals surface area (Å²) in [6, 6.07) is 22.3. The SMILES string of the molecule is CCCc1ccc(-c2ccc(C(=O)Oc3ccc(C(=O)OCC(C)CC)cc3)cc2)cc1. The van der Waals surface area contributed by atoms with Crippen LogP contribution in [0.25, 0.3) is 11.1 Å². The van der Waals surface area contributed by atoms with Gasteiger partial charge in [-0.2, -0.15) is 0 Å². The molecule has 3 aromatic rings. The number of carbonyl (C=O) groups is 2. The van der Waals surface area contributed by atoms with E-state index in [9.17, 15) is 9.59 Å². The standard InChI is InChI=1S/C28H30O4/c1-4-6-21-7-9-22(10-8-21)23-11-13-25(14-12-23)28(30)32-26-17-15-24(16-18-26)27(29)31-19-20(3)5-2/h7-18,20H,4-6,19H2,1-3H3. The van der Waals surface area contributed by atoms with E-state index in [0.717, 1.165) is 30.4 Å². The second-order valence-corrected chi connectivity index (χ2v) is 8.05. The number of carbonyl (C=O) groups excluding carboxylic acids is 2. The molecule has 0 aromatic heterocycles. The molecule has 0 aliphatic heterocycles. The van der Waals surface area contributed by atoms with Crippen LogP contribution >= 0.6 is 0 Å². The number of aryl methyl sites for hydroxylation is 1. The zero-order chi connectivity index (χ0) is 22.9. The van der Waals surface area contributed by atoms with Crippen LogP contribution in [0, 0.1) is 5.92 Å². The first kappa shape index (κ1) is 23.3. The molecule has 1 unspecified atom stereocenters. The lowest BCUT2D eigenvalue weighted by molar-refractivity contribution is 0.0447. The zero-order valence-corrected chi connectivity index (χ0v) is 19.0. The van der Waals surface area contributed by atoms with Crippen molar-refractivity contribution in [3.05, 3.63) is 89.5 Å². The first-order valence-corrected chi connectivity index (χ1v) is 11.2. The fourth-order valence-corrected chi connectivity index (χ4v) is 3.20. The van der Waals surface area contributed by atoms with Crippen molar-refractivity contribution in [2.24, 2.45) is 5.92 Å². The molecule has 0 spiro atoms. The number of rotatable bonds is 9. The summed E-state index contributed by atoms with van der Waals surface area (Å²) in [7, 11) is 0. The molecule has 0 saturated carbocycles. The van der Waals surface area contributed by atoms with Gasteiger partial charge in [0.25, 0.3) is 0 Å². The summed E-state index contributed by atoms with van der Waals surface area (Å²) in [5.41, 5.74) is 4.38. The molecule has 3 rings (SSSR count). The Hall–Kier alpha value is -3.40. The van der Waals surface area contributed by atoms with Crippen molar-refractivity contribution in [1.82, 2.24) is 0 Å². The largest absolute Gasteiger partial charge is 0.462 e. The highest BCUT2D eigenvalue weighted by atomic mass is 16.5. The van der Waals surface area contributed by atoms with E-state index < -0.39 is 5.97 Å². The Labute approximate surface area is 190 Å². The Kier molecular flexibility index (Phi) is 8.20. The molecule has 4 nitrogen and oxygen atoms in total. The van der Waals surface area contributed by atoms with E-state index in [-0.39, 0.29) is 5.97 Å². The second-order valence-electron chi connectivity index (χ2n) is 8.05. The summed E-state index contributed by atoms with van der Waals surface area (Å²) in [5.74, 6) is -0.113. The normalized spacial score (nSPS) is 11.6. The van der Waals surface area contributed by atoms with E-state index >= 15 is 0 Å². The highest BCUT2D eigenvalue weighted by molar-refractivity contribution is 5.92. The molecule has 0 aliphatic rings. The van der Waals surface area contributed by atoms with Gasteiger partial charge in [0.2, 0.25) is 0 Å². The third kappa shape index (κ3) is 6.30. The fourth-order valence-electron chi connectivity index (χ4n) is 3.20. The molecular formula is C28H30O4. The van der Waals surface area contributed by atoms with Gasteiger partial charge in [0, 0.05) is 0 Å². The van der Waals surface area contributed by atoms with Gasteiger partial charge in [-0.3, -0.25) is 0 Å². The van der Waals surface area contributed by atoms with E-state index in [1.54, 1.807) is 36.4 Å². The molecule has 0 fully saturated rings. The van der Waals surface area contributed by atoms with Gasteiger partial charge in [-0.05, 0) is 65.4 Å². The molecular weight excluding hydrogens is 400 g/mol. The van der Waals surface area contributed by atoms with Crippen LogP contribution in [0.4, 0.5) is 0 Å². The van der Waals surface area contributed by atoms with Crippen LogP contribution in [0.3, 0.4) is 0 Å². The Balaban J connectivity index is 1.59. The average Bonchev–Trinajstić information content (AvgIpc) is 2.83. The lowest BCUT2D eigenvalue weighted by atomic mass is 10.0. The van der Waals surface area contributed by atoms with E-state index in [2.05, 4.69) is 38.1 Å². The van der Waals surface area contributed by atoms with Gasteiger partial charge in [0.15, 0.2) is 0 Å². The summed E-state index contributed by atoms with van der Waals surface area (Å²) in [5, 5.41) is 0. The maximum atomic E-state index is 12.5. The maximum Gasteiger partial charge on any atom is 0.343 e. The molecule has 4 heteroatoms. The summed E-state index contributed by atoms with van der Waals surface area (Å²) in [6.45, 7) is 6.65. The molecule has 0 aliphatic carbocycles. The average molecular weight is 431 g/mol. The monoisotopic (exact) mass is 430 g/mol. The summed E-state index contributed by atoms with van der Waals surface area (Å²) in [6.07, 6.45) is 3.15. The van der Waals surface area contributed by atoms with Crippen LogP contribution in [0.2, 0.25) is 0 Å². The van der Waals surface area contributed by atoms with Crippen molar-refractivity contribution in [1.29, 1.82) is 0 Å². The Morgan fingerprint density at radius 3 is 1.84 bits per heavy atom. The summed E-state index contributed by atoms with van der Waals surface area (Å²) in [4.78, 5) is 24.6. The first-order chi connectivity index (χ1) is 15.5. The molecule has 0 bridgehead atoms. The van der Waals surface area contributed by atoms with Crippen LogP contribution in [0.1, 0.15) is 59.9 Å². The molecule has 3 aromatic carbocycles. The third-order valence-corrected chi connectivity index (χ3v) is 5.44. The summed E-state index contributed by atoms with van der Waals surface area (Å²) < 4.78 is 10.7. The van der Waals surface area contributed by atoms with E-state index in [1.807, 2.05) is 19.1 Å². The Morgan fingerprint density at radius 2 is 1.28 bits per heavy atom. The van der Waals surface area contributed by atoms with Crippen LogP contribution in [0.15, 0.2) is 72.8 Å². The predicted molar refractivity (Wildman–Crippen MR) is 127 cm³/mol. The van der Waals surface area contributed by atoms with Crippen LogP contribution in [-0.2, 0) is 11.2 Å². The zero-order valence-electron chi connectivity index (χ0n) is 19.0. The fraction of sp³-hybridized carbons (Fsp3) is 0.286. The van der Waals surface area contributed by atoms with Crippen molar-refractivity contribution in [2.45, 2.75) is 40.0 Å². The van der Waals surface area contributed by atoms with E-state index in [0.29, 0.717) is 29.4 Å². The van der Waals surface area contributed by atoms with E-state index in [4.69, 9.17) is 9.47 Å². The topological polar surface area (TPSA) is 52.6 Å². The Bertz CT molecular complexity index is 1020. The molecule has 0 heterocycles. The number of benzene rings is 3. The van der Waals surface area contributed by atoms with Gasteiger partial charge in [0.1, 0.15) is 5.75 Å². The van der Waals surface area contributed by atoms with Gasteiger partial charge < -0.3 is 9.47 Å². The minimum Gasteiger partial charge on any atom is -0.462 e. The highest BCUT2D eigenvalue weighted by Crippen LogP contribution is 2.22. The van der Waals surface area contributed by atoms with Gasteiger partial charge >= 0.3 is 11.9 Å². The minimum absolute atomic E-state index is 0.325. The second kappa shape index (κ2) is 11.3. The first-order valence-electron chi connectivity index (χ1n) is 11.2. The lowest BCUT2D eigenvalue weighted by Gasteiger charge is -2.10. The van der Waals surface area contributed by atoms with Crippen LogP contribution < -0.4 is 4.74 Å². The van der Waals surface area contributed by atoms with Crippen molar-refractivity contribution >= 4 is 11.9 Å². The quantitative estimate of drug-likeness (QED) is 0.279. The molecule has 32 heavy (non-hydrogen) atoms. The van der Waals surface area contributed by atoms with Gasteiger partial charge in [0.05, 0.1) is 17.7 Å². The van der Waals surface area contributed by atoms with Crippen LogP contribution in [-0.4, -0.2) is 18.5 Å². The van der Waals surface area contributed by atoms with Crippen LogP contribution in [0.5, 0.6) is 5.75 Å². The van der Waals surface area contributed by atoms with Gasteiger partial charge in [-0.1, -0.05) is 70.0 Å². The lowest BCUT2D eigenvalue weighted by Crippen LogP contribution is -2.12. The van der Waals surface area contributed by atoms with E-state index in [1.165, 1.54) is 5.56 Å². The number of ether oxygens (including phenoxy) is 2. The van der Waals surface area contributed by atoms with Gasteiger partial charge in [-0.15, -0.1) is 0 Å². The Morgan fingerprint density at radius 1 is 0.750 bits per heavy atom. The van der Waals surface area contributed by atoms with Gasteiger partial charge in [-0.25, -0.2) is 9.59 Å². The molecule has 0 saturated heterocycles. The number of hydrogen-bond donors (Lipinski definition) is 0. The van der Waals surface area contributed by atoms with Crippen molar-refractivity contribution < 1.29 is 19.1 Å². The molecule has 0 radical (unpaired) electrons. The van der Waals surface area contributed by atoms with Crippen molar-refractivity contribution in [3.8, 4) is 16.9 Å². The van der Waals surface area contributed by atoms with Crippen molar-refractivity contribution in [3.63, 3.8) is 0 Å². The third-order valence-electron chi connectivity index (χ3n) is 5.44. The molecule has 1 atom stereocenters. The summed E-state index contributed by atoms with van der Waals surface area (Å²) >= 11 is 0. The minimum atomic E-state index is -0.443. The van der Waals surface area contributed by atoms with Crippen molar-refractivity contribution in [2.75, 3.05) is 6.61 Å². The number of esters is 2. The maximum absolute atomic E-state index is 12.5. The smallest absolute Gasteiger partial charge is 0.343 e. The highest BCUT2D eigenvalue weighted by Gasteiger charge is 2.12. The number of hydrogen-bond acceptors (Lipinski definition) is 4.